The quantitative estimate of drug-likeness (QED) is 0.586. The van der Waals surface area contributed by atoms with Gasteiger partial charge < -0.3 is 15.4 Å². The van der Waals surface area contributed by atoms with E-state index in [9.17, 15) is 9.59 Å². The second-order valence-electron chi connectivity index (χ2n) is 8.23. The highest BCUT2D eigenvalue weighted by atomic mass is 32.1. The van der Waals surface area contributed by atoms with Crippen molar-refractivity contribution in [2.75, 3.05) is 38.2 Å². The largest absolute Gasteiger partial charge is 0.379 e. The van der Waals surface area contributed by atoms with Gasteiger partial charge in [-0.05, 0) is 48.4 Å². The SMILES string of the molecule is CC(C)C(CNC(=O)c1cccc(NC(=O)CCCc2cccs2)c1)N1CCOCC1. The van der Waals surface area contributed by atoms with Crippen LogP contribution in [0.4, 0.5) is 5.69 Å². The Hall–Kier alpha value is -2.22. The molecule has 1 aromatic carbocycles. The number of carbonyl (C=O) groups excluding carboxylic acids is 2. The van der Waals surface area contributed by atoms with Gasteiger partial charge in [-0.25, -0.2) is 0 Å². The standard InChI is InChI=1S/C24H33N3O3S/c1-18(2)22(27-11-13-30-14-12-27)17-25-24(29)19-6-3-7-20(16-19)26-23(28)10-4-8-21-9-5-15-31-21/h3,5-7,9,15-16,18,22H,4,8,10-14,17H2,1-2H3,(H,25,29)(H,26,28). The van der Waals surface area contributed by atoms with Gasteiger partial charge in [-0.2, -0.15) is 0 Å². The molecule has 1 fully saturated rings. The van der Waals surface area contributed by atoms with Gasteiger partial charge in [-0.15, -0.1) is 11.3 Å². The first-order valence-electron chi connectivity index (χ1n) is 11.0. The highest BCUT2D eigenvalue weighted by Gasteiger charge is 2.24. The number of thiophene rings is 1. The number of morpholine rings is 1. The minimum absolute atomic E-state index is 0.0266. The number of anilines is 1. The molecule has 1 aromatic heterocycles. The summed E-state index contributed by atoms with van der Waals surface area (Å²) >= 11 is 1.72. The maximum Gasteiger partial charge on any atom is 0.251 e. The number of rotatable bonds is 10. The molecule has 7 heteroatoms. The van der Waals surface area contributed by atoms with Crippen molar-refractivity contribution in [3.05, 3.63) is 52.2 Å². The van der Waals surface area contributed by atoms with Crippen molar-refractivity contribution in [3.8, 4) is 0 Å². The summed E-state index contributed by atoms with van der Waals surface area (Å²) in [6, 6.07) is 11.5. The van der Waals surface area contributed by atoms with E-state index in [-0.39, 0.29) is 17.9 Å². The molecule has 2 heterocycles. The number of benzene rings is 1. The molecule has 1 atom stereocenters. The highest BCUT2D eigenvalue weighted by Crippen LogP contribution is 2.15. The molecule has 1 saturated heterocycles. The van der Waals surface area contributed by atoms with E-state index in [2.05, 4.69) is 40.8 Å². The second kappa shape index (κ2) is 12.0. The van der Waals surface area contributed by atoms with E-state index >= 15 is 0 Å². The van der Waals surface area contributed by atoms with Gasteiger partial charge in [0, 0.05) is 48.2 Å². The minimum atomic E-state index is -0.118. The molecule has 3 rings (SSSR count). The van der Waals surface area contributed by atoms with Gasteiger partial charge in [-0.3, -0.25) is 14.5 Å². The number of hydrogen-bond acceptors (Lipinski definition) is 5. The van der Waals surface area contributed by atoms with Crippen LogP contribution in [0.15, 0.2) is 41.8 Å². The summed E-state index contributed by atoms with van der Waals surface area (Å²) in [5.41, 5.74) is 1.21. The third-order valence-corrected chi connectivity index (χ3v) is 6.51. The van der Waals surface area contributed by atoms with Crippen LogP contribution in [0.1, 0.15) is 41.9 Å². The Balaban J connectivity index is 1.48. The molecule has 0 saturated carbocycles. The Bertz CT molecular complexity index is 832. The Morgan fingerprint density at radius 1 is 1.16 bits per heavy atom. The van der Waals surface area contributed by atoms with Crippen LogP contribution in [-0.4, -0.2) is 55.6 Å². The van der Waals surface area contributed by atoms with Crippen LogP contribution in [0.25, 0.3) is 0 Å². The monoisotopic (exact) mass is 443 g/mol. The first-order chi connectivity index (χ1) is 15.0. The van der Waals surface area contributed by atoms with Crippen LogP contribution in [0, 0.1) is 5.92 Å². The van der Waals surface area contributed by atoms with Crippen molar-refractivity contribution >= 4 is 28.8 Å². The van der Waals surface area contributed by atoms with Gasteiger partial charge >= 0.3 is 0 Å². The lowest BCUT2D eigenvalue weighted by Gasteiger charge is -2.36. The number of carbonyl (C=O) groups is 2. The Kier molecular flexibility index (Phi) is 9.06. The molecule has 31 heavy (non-hydrogen) atoms. The first-order valence-corrected chi connectivity index (χ1v) is 11.9. The van der Waals surface area contributed by atoms with E-state index in [0.29, 0.717) is 30.1 Å². The number of ether oxygens (including phenoxy) is 1. The molecule has 1 aliphatic rings. The number of nitrogens with one attached hydrogen (secondary N) is 2. The van der Waals surface area contributed by atoms with Crippen LogP contribution in [-0.2, 0) is 16.0 Å². The molecule has 2 amide bonds. The zero-order valence-corrected chi connectivity index (χ0v) is 19.2. The summed E-state index contributed by atoms with van der Waals surface area (Å²) in [6.07, 6.45) is 2.18. The Morgan fingerprint density at radius 2 is 1.97 bits per heavy atom. The Morgan fingerprint density at radius 3 is 2.68 bits per heavy atom. The molecule has 2 N–H and O–H groups in total. The van der Waals surface area contributed by atoms with Crippen LogP contribution in [0.3, 0.4) is 0 Å². The highest BCUT2D eigenvalue weighted by molar-refractivity contribution is 7.09. The summed E-state index contributed by atoms with van der Waals surface area (Å²) in [7, 11) is 0. The predicted octanol–water partition coefficient (Wildman–Crippen LogP) is 3.80. The second-order valence-corrected chi connectivity index (χ2v) is 9.26. The molecule has 0 spiro atoms. The van der Waals surface area contributed by atoms with Crippen LogP contribution >= 0.6 is 11.3 Å². The molecule has 0 aliphatic carbocycles. The lowest BCUT2D eigenvalue weighted by molar-refractivity contribution is -0.116. The molecule has 1 unspecified atom stereocenters. The number of aryl methyl sites for hydroxylation is 1. The summed E-state index contributed by atoms with van der Waals surface area (Å²) in [4.78, 5) is 28.7. The number of nitrogens with zero attached hydrogens (tertiary/aromatic N) is 1. The minimum Gasteiger partial charge on any atom is -0.379 e. The molecule has 2 aromatic rings. The maximum absolute atomic E-state index is 12.7. The fraction of sp³-hybridized carbons (Fsp3) is 0.500. The average Bonchev–Trinajstić information content (AvgIpc) is 3.28. The van der Waals surface area contributed by atoms with E-state index < -0.39 is 0 Å². The average molecular weight is 444 g/mol. The summed E-state index contributed by atoms with van der Waals surface area (Å²) in [6.45, 7) is 8.23. The molecule has 0 radical (unpaired) electrons. The number of hydrogen-bond donors (Lipinski definition) is 2. The van der Waals surface area contributed by atoms with Crippen LogP contribution < -0.4 is 10.6 Å². The van der Waals surface area contributed by atoms with Crippen molar-refractivity contribution in [3.63, 3.8) is 0 Å². The lowest BCUT2D eigenvalue weighted by atomic mass is 10.0. The predicted molar refractivity (Wildman–Crippen MR) is 126 cm³/mol. The van der Waals surface area contributed by atoms with Crippen molar-refractivity contribution < 1.29 is 14.3 Å². The van der Waals surface area contributed by atoms with Crippen molar-refractivity contribution in [2.45, 2.75) is 39.2 Å². The van der Waals surface area contributed by atoms with Crippen molar-refractivity contribution in [1.29, 1.82) is 0 Å². The number of amides is 2. The molecular weight excluding hydrogens is 410 g/mol. The molecular formula is C24H33N3O3S. The van der Waals surface area contributed by atoms with E-state index in [0.717, 1.165) is 39.1 Å². The molecule has 0 bridgehead atoms. The normalized spacial score (nSPS) is 15.6. The molecule has 1 aliphatic heterocycles. The maximum atomic E-state index is 12.7. The summed E-state index contributed by atoms with van der Waals surface area (Å²) in [5.74, 6) is 0.284. The van der Waals surface area contributed by atoms with Gasteiger partial charge in [0.15, 0.2) is 0 Å². The van der Waals surface area contributed by atoms with Gasteiger partial charge in [0.1, 0.15) is 0 Å². The van der Waals surface area contributed by atoms with Gasteiger partial charge in [0.25, 0.3) is 5.91 Å². The summed E-state index contributed by atoms with van der Waals surface area (Å²) in [5, 5.41) is 8.04. The van der Waals surface area contributed by atoms with Crippen molar-refractivity contribution in [2.24, 2.45) is 5.92 Å². The van der Waals surface area contributed by atoms with E-state index in [1.54, 1.807) is 29.5 Å². The molecule has 168 valence electrons. The third kappa shape index (κ3) is 7.45. The summed E-state index contributed by atoms with van der Waals surface area (Å²) < 4.78 is 5.45. The van der Waals surface area contributed by atoms with E-state index in [4.69, 9.17) is 4.74 Å². The van der Waals surface area contributed by atoms with Crippen LogP contribution in [0.2, 0.25) is 0 Å². The lowest BCUT2D eigenvalue weighted by Crippen LogP contribution is -2.51. The zero-order valence-electron chi connectivity index (χ0n) is 18.4. The fourth-order valence-corrected chi connectivity index (χ4v) is 4.59. The molecule has 6 nitrogen and oxygen atoms in total. The topological polar surface area (TPSA) is 70.7 Å². The fourth-order valence-electron chi connectivity index (χ4n) is 3.83. The smallest absolute Gasteiger partial charge is 0.251 e. The first kappa shape index (κ1) is 23.4. The van der Waals surface area contributed by atoms with Gasteiger partial charge in [0.2, 0.25) is 5.91 Å². The van der Waals surface area contributed by atoms with Gasteiger partial charge in [-0.1, -0.05) is 26.0 Å². The van der Waals surface area contributed by atoms with E-state index in [1.807, 2.05) is 12.1 Å². The van der Waals surface area contributed by atoms with Gasteiger partial charge in [0.05, 0.1) is 13.2 Å². The Labute approximate surface area is 189 Å². The van der Waals surface area contributed by atoms with E-state index in [1.165, 1.54) is 4.88 Å². The van der Waals surface area contributed by atoms with Crippen molar-refractivity contribution in [1.82, 2.24) is 10.2 Å². The van der Waals surface area contributed by atoms with Crippen LogP contribution in [0.5, 0.6) is 0 Å². The zero-order chi connectivity index (χ0) is 22.1. The third-order valence-electron chi connectivity index (χ3n) is 5.57.